The maximum Gasteiger partial charge on any atom is 0.138 e. The number of nitrogens with two attached hydrogens (primary N) is 1. The van der Waals surface area contributed by atoms with Crippen LogP contribution in [0.1, 0.15) is 17.5 Å². The van der Waals surface area contributed by atoms with Crippen LogP contribution in [0.3, 0.4) is 0 Å². The third kappa shape index (κ3) is 4.63. The van der Waals surface area contributed by atoms with Crippen LogP contribution in [0.4, 0.5) is 0 Å². The summed E-state index contributed by atoms with van der Waals surface area (Å²) in [5.74, 6) is 1.46. The fourth-order valence-electron chi connectivity index (χ4n) is 2.15. The molecule has 0 spiro atoms. The third-order valence-electron chi connectivity index (χ3n) is 3.29. The van der Waals surface area contributed by atoms with Gasteiger partial charge in [0.2, 0.25) is 0 Å². The summed E-state index contributed by atoms with van der Waals surface area (Å²) in [6.07, 6.45) is 1.91. The van der Waals surface area contributed by atoms with Crippen molar-refractivity contribution >= 4 is 27.5 Å². The summed E-state index contributed by atoms with van der Waals surface area (Å²) in [6.45, 7) is 1.09. The molecule has 0 radical (unpaired) electrons. The molecule has 0 unspecified atom stereocenters. The zero-order chi connectivity index (χ0) is 15.9. The first-order valence-corrected chi connectivity index (χ1v) is 8.25. The molecule has 0 fully saturated rings. The Morgan fingerprint density at radius 3 is 2.59 bits per heavy atom. The first-order valence-electron chi connectivity index (χ1n) is 7.07. The van der Waals surface area contributed by atoms with Crippen LogP contribution in [0.15, 0.2) is 40.9 Å². The Morgan fingerprint density at radius 1 is 1.14 bits per heavy atom. The Hall–Kier alpha value is -1.23. The van der Waals surface area contributed by atoms with Gasteiger partial charge in [-0.05, 0) is 55.3 Å². The van der Waals surface area contributed by atoms with Crippen molar-refractivity contribution in [3.63, 3.8) is 0 Å². The zero-order valence-electron chi connectivity index (χ0n) is 12.4. The van der Waals surface area contributed by atoms with Crippen molar-refractivity contribution in [2.45, 2.75) is 19.4 Å². The number of aryl methyl sites for hydroxylation is 1. The second-order valence-electron chi connectivity index (χ2n) is 4.90. The van der Waals surface area contributed by atoms with Crippen LogP contribution in [0, 0.1) is 0 Å². The fraction of sp³-hybridized carbons (Fsp3) is 0.294. The maximum absolute atomic E-state index is 6.17. The molecule has 0 aliphatic carbocycles. The number of methoxy groups -OCH3 is 1. The molecule has 0 bridgehead atoms. The molecule has 118 valence electrons. The summed E-state index contributed by atoms with van der Waals surface area (Å²) in [5, 5.41) is 0.577. The molecule has 22 heavy (non-hydrogen) atoms. The molecule has 0 amide bonds. The van der Waals surface area contributed by atoms with Crippen molar-refractivity contribution in [1.82, 2.24) is 0 Å². The summed E-state index contributed by atoms with van der Waals surface area (Å²) in [7, 11) is 1.66. The lowest BCUT2D eigenvalue weighted by molar-refractivity contribution is 0.296. The molecule has 0 aliphatic heterocycles. The van der Waals surface area contributed by atoms with Crippen molar-refractivity contribution < 1.29 is 9.47 Å². The van der Waals surface area contributed by atoms with Gasteiger partial charge in [-0.1, -0.05) is 33.6 Å². The summed E-state index contributed by atoms with van der Waals surface area (Å²) >= 11 is 9.55. The van der Waals surface area contributed by atoms with Crippen LogP contribution >= 0.6 is 27.5 Å². The molecule has 0 heterocycles. The standard InChI is InChI=1S/C17H19BrClNO2/c1-21-16-6-4-12(3-2-8-20)9-13(16)11-22-17-7-5-14(18)10-15(17)19/h4-7,9-10H,2-3,8,11,20H2,1H3. The molecular weight excluding hydrogens is 366 g/mol. The van der Waals surface area contributed by atoms with Crippen LogP contribution in [0.5, 0.6) is 11.5 Å². The molecular formula is C17H19BrClNO2. The van der Waals surface area contributed by atoms with E-state index in [1.54, 1.807) is 7.11 Å². The van der Waals surface area contributed by atoms with Gasteiger partial charge in [0.25, 0.3) is 0 Å². The Morgan fingerprint density at radius 2 is 1.91 bits per heavy atom. The van der Waals surface area contributed by atoms with Crippen molar-refractivity contribution in [2.24, 2.45) is 5.73 Å². The van der Waals surface area contributed by atoms with Gasteiger partial charge in [0.15, 0.2) is 0 Å². The minimum Gasteiger partial charge on any atom is -0.496 e. The van der Waals surface area contributed by atoms with E-state index in [2.05, 4.69) is 28.1 Å². The van der Waals surface area contributed by atoms with Gasteiger partial charge >= 0.3 is 0 Å². The monoisotopic (exact) mass is 383 g/mol. The molecule has 3 nitrogen and oxygen atoms in total. The van der Waals surface area contributed by atoms with E-state index in [-0.39, 0.29) is 0 Å². The molecule has 0 saturated carbocycles. The predicted molar refractivity (Wildman–Crippen MR) is 93.9 cm³/mol. The van der Waals surface area contributed by atoms with Crippen molar-refractivity contribution in [3.05, 3.63) is 57.0 Å². The molecule has 2 aromatic carbocycles. The topological polar surface area (TPSA) is 44.5 Å². The van der Waals surface area contributed by atoms with Crippen LogP contribution < -0.4 is 15.2 Å². The van der Waals surface area contributed by atoms with E-state index in [9.17, 15) is 0 Å². The van der Waals surface area contributed by atoms with Gasteiger partial charge in [-0.3, -0.25) is 0 Å². The van der Waals surface area contributed by atoms with E-state index >= 15 is 0 Å². The summed E-state index contributed by atoms with van der Waals surface area (Å²) in [6, 6.07) is 11.7. The molecule has 0 atom stereocenters. The van der Waals surface area contributed by atoms with E-state index in [1.165, 1.54) is 5.56 Å². The zero-order valence-corrected chi connectivity index (χ0v) is 14.8. The quantitative estimate of drug-likeness (QED) is 0.760. The smallest absolute Gasteiger partial charge is 0.138 e. The minimum atomic E-state index is 0.404. The van der Waals surface area contributed by atoms with Crippen LogP contribution in [-0.2, 0) is 13.0 Å². The van der Waals surface area contributed by atoms with Crippen molar-refractivity contribution in [3.8, 4) is 11.5 Å². The van der Waals surface area contributed by atoms with Crippen molar-refractivity contribution in [2.75, 3.05) is 13.7 Å². The Kier molecular flexibility index (Phi) is 6.55. The van der Waals surface area contributed by atoms with E-state index in [0.717, 1.165) is 28.6 Å². The second kappa shape index (κ2) is 8.42. The molecule has 0 aromatic heterocycles. The third-order valence-corrected chi connectivity index (χ3v) is 4.08. The highest BCUT2D eigenvalue weighted by molar-refractivity contribution is 9.10. The van der Waals surface area contributed by atoms with Gasteiger partial charge in [-0.25, -0.2) is 0 Å². The summed E-state index contributed by atoms with van der Waals surface area (Å²) in [5.41, 5.74) is 7.79. The normalized spacial score (nSPS) is 10.5. The Bertz CT molecular complexity index is 634. The fourth-order valence-corrected chi connectivity index (χ4v) is 2.88. The predicted octanol–water partition coefficient (Wildman–Crippen LogP) is 4.58. The lowest BCUT2D eigenvalue weighted by Crippen LogP contribution is -2.03. The van der Waals surface area contributed by atoms with Gasteiger partial charge in [0, 0.05) is 10.0 Å². The number of rotatable bonds is 7. The van der Waals surface area contributed by atoms with Gasteiger partial charge in [0.1, 0.15) is 18.1 Å². The largest absolute Gasteiger partial charge is 0.496 e. The minimum absolute atomic E-state index is 0.404. The average molecular weight is 385 g/mol. The second-order valence-corrected chi connectivity index (χ2v) is 6.22. The van der Waals surface area contributed by atoms with Gasteiger partial charge in [0.05, 0.1) is 12.1 Å². The number of benzene rings is 2. The first-order chi connectivity index (χ1) is 10.6. The molecule has 2 rings (SSSR count). The molecule has 0 saturated heterocycles. The number of hydrogen-bond acceptors (Lipinski definition) is 3. The highest BCUT2D eigenvalue weighted by Crippen LogP contribution is 2.29. The Labute approximate surface area is 144 Å². The summed E-state index contributed by atoms with van der Waals surface area (Å²) in [4.78, 5) is 0. The van der Waals surface area contributed by atoms with Crippen LogP contribution in [0.2, 0.25) is 5.02 Å². The number of ether oxygens (including phenoxy) is 2. The van der Waals surface area contributed by atoms with Gasteiger partial charge in [-0.2, -0.15) is 0 Å². The molecule has 2 aromatic rings. The van der Waals surface area contributed by atoms with Crippen LogP contribution in [0.25, 0.3) is 0 Å². The Balaban J connectivity index is 2.13. The number of halogens is 2. The molecule has 5 heteroatoms. The highest BCUT2D eigenvalue weighted by Gasteiger charge is 2.08. The maximum atomic E-state index is 6.17. The first kappa shape index (κ1) is 17.1. The molecule has 2 N–H and O–H groups in total. The van der Waals surface area contributed by atoms with E-state index in [4.69, 9.17) is 26.8 Å². The lowest BCUT2D eigenvalue weighted by atomic mass is 10.1. The SMILES string of the molecule is COc1ccc(CCCN)cc1COc1ccc(Br)cc1Cl. The van der Waals surface area contributed by atoms with Crippen molar-refractivity contribution in [1.29, 1.82) is 0 Å². The van der Waals surface area contributed by atoms with E-state index in [1.807, 2.05) is 24.3 Å². The van der Waals surface area contributed by atoms with E-state index < -0.39 is 0 Å². The van der Waals surface area contributed by atoms with Crippen LogP contribution in [-0.4, -0.2) is 13.7 Å². The molecule has 0 aliphatic rings. The number of hydrogen-bond donors (Lipinski definition) is 1. The van der Waals surface area contributed by atoms with Gasteiger partial charge < -0.3 is 15.2 Å². The van der Waals surface area contributed by atoms with Gasteiger partial charge in [-0.15, -0.1) is 0 Å². The highest BCUT2D eigenvalue weighted by atomic mass is 79.9. The average Bonchev–Trinajstić information content (AvgIpc) is 2.52. The lowest BCUT2D eigenvalue weighted by Gasteiger charge is -2.13. The van der Waals surface area contributed by atoms with E-state index in [0.29, 0.717) is 23.9 Å². The summed E-state index contributed by atoms with van der Waals surface area (Å²) < 4.78 is 12.1.